The fourth-order valence-corrected chi connectivity index (χ4v) is 2.01. The number of rotatable bonds is 4. The summed E-state index contributed by atoms with van der Waals surface area (Å²) in [7, 11) is 0. The maximum atomic E-state index is 10.6. The first-order valence-electron chi connectivity index (χ1n) is 5.40. The van der Waals surface area contributed by atoms with Crippen LogP contribution in [0.1, 0.15) is 24.0 Å². The van der Waals surface area contributed by atoms with E-state index < -0.39 is 0 Å². The average Bonchev–Trinajstić information content (AvgIpc) is 2.64. The van der Waals surface area contributed by atoms with E-state index in [0.717, 1.165) is 5.69 Å². The third-order valence-corrected chi connectivity index (χ3v) is 2.80. The third kappa shape index (κ3) is 2.49. The molecule has 0 saturated carbocycles. The molecule has 0 bridgehead atoms. The number of primary amides is 1. The number of hydrogen-bond donors (Lipinski definition) is 2. The van der Waals surface area contributed by atoms with E-state index in [1.54, 1.807) is 0 Å². The number of benzene rings is 1. The molecule has 0 radical (unpaired) electrons. The molecule has 0 fully saturated rings. The Morgan fingerprint density at radius 1 is 1.33 bits per heavy atom. The number of nitrogens with two attached hydrogens (primary N) is 1. The summed E-state index contributed by atoms with van der Waals surface area (Å²) in [5, 5.41) is 3.20. The molecule has 1 aliphatic rings. The molecule has 80 valence electrons. The fraction of sp³-hybridized carbons (Fsp3) is 0.417. The van der Waals surface area contributed by atoms with Gasteiger partial charge in [-0.3, -0.25) is 4.79 Å². The van der Waals surface area contributed by atoms with Crippen molar-refractivity contribution in [2.45, 2.75) is 25.7 Å². The third-order valence-electron chi connectivity index (χ3n) is 2.80. The summed E-state index contributed by atoms with van der Waals surface area (Å²) in [6, 6.07) is 6.43. The Bertz CT molecular complexity index is 374. The van der Waals surface area contributed by atoms with E-state index in [9.17, 15) is 4.79 Å². The summed E-state index contributed by atoms with van der Waals surface area (Å²) in [5.41, 5.74) is 9.07. The van der Waals surface area contributed by atoms with Crippen LogP contribution in [0.25, 0.3) is 0 Å². The molecular weight excluding hydrogens is 188 g/mol. The minimum Gasteiger partial charge on any atom is -0.385 e. The minimum absolute atomic E-state index is 0.260. The highest BCUT2D eigenvalue weighted by atomic mass is 16.1. The van der Waals surface area contributed by atoms with Gasteiger partial charge in [0.15, 0.2) is 0 Å². The zero-order valence-electron chi connectivity index (χ0n) is 8.75. The van der Waals surface area contributed by atoms with Gasteiger partial charge in [0, 0.05) is 18.7 Å². The van der Waals surface area contributed by atoms with Gasteiger partial charge in [-0.15, -0.1) is 0 Å². The van der Waals surface area contributed by atoms with Crippen LogP contribution in [0.4, 0.5) is 5.69 Å². The van der Waals surface area contributed by atoms with Crippen LogP contribution in [0.15, 0.2) is 18.2 Å². The molecule has 0 heterocycles. The van der Waals surface area contributed by atoms with Gasteiger partial charge in [0.1, 0.15) is 0 Å². The molecule has 0 unspecified atom stereocenters. The summed E-state index contributed by atoms with van der Waals surface area (Å²) in [4.78, 5) is 10.6. The van der Waals surface area contributed by atoms with Crippen LogP contribution < -0.4 is 11.1 Å². The predicted molar refractivity (Wildman–Crippen MR) is 60.8 cm³/mol. The lowest BCUT2D eigenvalue weighted by molar-refractivity contribution is -0.117. The molecular formula is C12H16N2O. The first-order valence-corrected chi connectivity index (χ1v) is 5.40. The van der Waals surface area contributed by atoms with Crippen molar-refractivity contribution in [3.8, 4) is 0 Å². The molecule has 0 aromatic heterocycles. The number of nitrogens with one attached hydrogen (secondary N) is 1. The van der Waals surface area contributed by atoms with E-state index in [-0.39, 0.29) is 5.91 Å². The van der Waals surface area contributed by atoms with Gasteiger partial charge in [-0.1, -0.05) is 6.07 Å². The molecule has 1 aromatic carbocycles. The maximum Gasteiger partial charge on any atom is 0.219 e. The zero-order chi connectivity index (χ0) is 10.7. The van der Waals surface area contributed by atoms with Crippen LogP contribution in [0.3, 0.4) is 0 Å². The maximum absolute atomic E-state index is 10.6. The molecule has 1 aromatic rings. The van der Waals surface area contributed by atoms with Crippen LogP contribution >= 0.6 is 0 Å². The number of hydrogen-bond acceptors (Lipinski definition) is 2. The van der Waals surface area contributed by atoms with Gasteiger partial charge in [0.2, 0.25) is 5.91 Å². The highest BCUT2D eigenvalue weighted by Crippen LogP contribution is 2.24. The second kappa shape index (κ2) is 4.34. The lowest BCUT2D eigenvalue weighted by atomic mass is 10.1. The van der Waals surface area contributed by atoms with Crippen molar-refractivity contribution in [3.05, 3.63) is 29.3 Å². The Balaban J connectivity index is 1.95. The van der Waals surface area contributed by atoms with E-state index in [2.05, 4.69) is 23.5 Å². The quantitative estimate of drug-likeness (QED) is 0.780. The molecule has 0 saturated heterocycles. The van der Waals surface area contributed by atoms with E-state index in [1.165, 1.54) is 30.4 Å². The normalized spacial score (nSPS) is 13.6. The number of amides is 1. The summed E-state index contributed by atoms with van der Waals surface area (Å²) in [6.45, 7) is 0.619. The van der Waals surface area contributed by atoms with Crippen LogP contribution in [-0.4, -0.2) is 12.5 Å². The van der Waals surface area contributed by atoms with Crippen molar-refractivity contribution in [3.63, 3.8) is 0 Å². The Hall–Kier alpha value is -1.51. The van der Waals surface area contributed by atoms with Crippen molar-refractivity contribution in [1.82, 2.24) is 0 Å². The Labute approximate surface area is 89.7 Å². The van der Waals surface area contributed by atoms with Crippen molar-refractivity contribution >= 4 is 11.6 Å². The lowest BCUT2D eigenvalue weighted by Crippen LogP contribution is -2.15. The topological polar surface area (TPSA) is 55.1 Å². The highest BCUT2D eigenvalue weighted by Gasteiger charge is 2.10. The Morgan fingerprint density at radius 2 is 2.13 bits per heavy atom. The molecule has 3 heteroatoms. The number of carbonyl (C=O) groups is 1. The second-order valence-electron chi connectivity index (χ2n) is 3.98. The molecule has 1 amide bonds. The molecule has 0 spiro atoms. The SMILES string of the molecule is NC(=O)CCNc1ccc2c(c1)CCC2. The molecule has 3 N–H and O–H groups in total. The first-order chi connectivity index (χ1) is 7.25. The number of carbonyl (C=O) groups excluding carboxylic acids is 1. The predicted octanol–water partition coefficient (Wildman–Crippen LogP) is 1.46. The smallest absolute Gasteiger partial charge is 0.219 e. The lowest BCUT2D eigenvalue weighted by Gasteiger charge is -2.07. The van der Waals surface area contributed by atoms with Gasteiger partial charge < -0.3 is 11.1 Å². The summed E-state index contributed by atoms with van der Waals surface area (Å²) in [5.74, 6) is -0.260. The fourth-order valence-electron chi connectivity index (χ4n) is 2.01. The van der Waals surface area contributed by atoms with Gasteiger partial charge >= 0.3 is 0 Å². The molecule has 3 nitrogen and oxygen atoms in total. The largest absolute Gasteiger partial charge is 0.385 e. The minimum atomic E-state index is -0.260. The Kier molecular flexibility index (Phi) is 2.90. The van der Waals surface area contributed by atoms with E-state index in [0.29, 0.717) is 13.0 Å². The van der Waals surface area contributed by atoms with Crippen molar-refractivity contribution in [2.24, 2.45) is 5.73 Å². The van der Waals surface area contributed by atoms with Crippen LogP contribution in [0.5, 0.6) is 0 Å². The van der Waals surface area contributed by atoms with Gasteiger partial charge in [-0.25, -0.2) is 0 Å². The van der Waals surface area contributed by atoms with Crippen molar-refractivity contribution in [2.75, 3.05) is 11.9 Å². The van der Waals surface area contributed by atoms with Gasteiger partial charge in [-0.05, 0) is 42.5 Å². The van der Waals surface area contributed by atoms with Crippen LogP contribution in [0, 0.1) is 0 Å². The molecule has 1 aliphatic carbocycles. The Morgan fingerprint density at radius 3 is 2.93 bits per heavy atom. The molecule has 15 heavy (non-hydrogen) atoms. The number of anilines is 1. The standard InChI is InChI=1S/C12H16N2O/c13-12(15)6-7-14-11-5-4-9-2-1-3-10(9)8-11/h4-5,8,14H,1-3,6-7H2,(H2,13,15). The second-order valence-corrected chi connectivity index (χ2v) is 3.98. The monoisotopic (exact) mass is 204 g/mol. The van der Waals surface area contributed by atoms with Crippen molar-refractivity contribution < 1.29 is 4.79 Å². The molecule has 0 aliphatic heterocycles. The average molecular weight is 204 g/mol. The van der Waals surface area contributed by atoms with E-state index in [4.69, 9.17) is 5.73 Å². The summed E-state index contributed by atoms with van der Waals surface area (Å²) >= 11 is 0. The number of fused-ring (bicyclic) bond motifs is 1. The molecule has 2 rings (SSSR count). The van der Waals surface area contributed by atoms with Gasteiger partial charge in [-0.2, -0.15) is 0 Å². The first kappa shape index (κ1) is 10.0. The highest BCUT2D eigenvalue weighted by molar-refractivity contribution is 5.74. The van der Waals surface area contributed by atoms with Crippen LogP contribution in [-0.2, 0) is 17.6 Å². The van der Waals surface area contributed by atoms with E-state index in [1.807, 2.05) is 0 Å². The zero-order valence-corrected chi connectivity index (χ0v) is 8.75. The summed E-state index contributed by atoms with van der Waals surface area (Å²) in [6.07, 6.45) is 4.04. The van der Waals surface area contributed by atoms with Crippen molar-refractivity contribution in [1.29, 1.82) is 0 Å². The summed E-state index contributed by atoms with van der Waals surface area (Å²) < 4.78 is 0. The van der Waals surface area contributed by atoms with Gasteiger partial charge in [0.05, 0.1) is 0 Å². The van der Waals surface area contributed by atoms with Gasteiger partial charge in [0.25, 0.3) is 0 Å². The van der Waals surface area contributed by atoms with Crippen LogP contribution in [0.2, 0.25) is 0 Å². The number of aryl methyl sites for hydroxylation is 2. The van der Waals surface area contributed by atoms with E-state index >= 15 is 0 Å². The molecule has 0 atom stereocenters.